The average molecular weight is 383 g/mol. The second-order valence-corrected chi connectivity index (χ2v) is 6.17. The zero-order chi connectivity index (χ0) is 20.2. The van der Waals surface area contributed by atoms with Crippen LogP contribution in [0.4, 0.5) is 4.39 Å². The molecule has 2 aromatic carbocycles. The summed E-state index contributed by atoms with van der Waals surface area (Å²) in [5.74, 6) is -0.880. The molecule has 5 nitrogen and oxygen atoms in total. The molecule has 4 aromatic rings. The van der Waals surface area contributed by atoms with Crippen LogP contribution in [0.25, 0.3) is 23.2 Å². The van der Waals surface area contributed by atoms with Crippen LogP contribution in [0.5, 0.6) is 0 Å². The van der Waals surface area contributed by atoms with Gasteiger partial charge in [-0.15, -0.1) is 0 Å². The number of hydrogen-bond acceptors (Lipinski definition) is 4. The number of furan rings is 1. The molecule has 2 aromatic heterocycles. The third kappa shape index (κ3) is 3.62. The van der Waals surface area contributed by atoms with E-state index >= 15 is 0 Å². The van der Waals surface area contributed by atoms with E-state index in [-0.39, 0.29) is 11.1 Å². The normalized spacial score (nSPS) is 11.2. The Labute approximate surface area is 165 Å². The largest absolute Gasteiger partial charge is 0.463 e. The van der Waals surface area contributed by atoms with E-state index in [2.05, 4.69) is 5.10 Å². The first-order valence-corrected chi connectivity index (χ1v) is 8.77. The first kappa shape index (κ1) is 18.1. The van der Waals surface area contributed by atoms with E-state index in [1.54, 1.807) is 29.1 Å². The number of carbonyl (C=O) groups excluding carboxylic acids is 1. The van der Waals surface area contributed by atoms with Crippen LogP contribution < -0.4 is 0 Å². The Morgan fingerprint density at radius 2 is 1.83 bits per heavy atom. The Kier molecular flexibility index (Phi) is 4.87. The van der Waals surface area contributed by atoms with Crippen LogP contribution in [0.15, 0.2) is 89.2 Å². The number of nitriles is 1. The number of para-hydroxylation sites is 1. The maximum atomic E-state index is 14.0. The van der Waals surface area contributed by atoms with E-state index in [4.69, 9.17) is 4.42 Å². The van der Waals surface area contributed by atoms with Crippen LogP contribution >= 0.6 is 0 Å². The summed E-state index contributed by atoms with van der Waals surface area (Å²) >= 11 is 0. The molecule has 0 radical (unpaired) electrons. The first-order chi connectivity index (χ1) is 14.2. The van der Waals surface area contributed by atoms with Crippen LogP contribution in [0.2, 0.25) is 0 Å². The van der Waals surface area contributed by atoms with Gasteiger partial charge in [-0.05, 0) is 42.5 Å². The van der Waals surface area contributed by atoms with Crippen molar-refractivity contribution in [3.8, 4) is 23.2 Å². The summed E-state index contributed by atoms with van der Waals surface area (Å²) < 4.78 is 21.1. The topological polar surface area (TPSA) is 71.8 Å². The molecule has 4 rings (SSSR count). The summed E-state index contributed by atoms with van der Waals surface area (Å²) in [7, 11) is 0. The Bertz CT molecular complexity index is 1230. The van der Waals surface area contributed by atoms with E-state index < -0.39 is 11.6 Å². The highest BCUT2D eigenvalue weighted by Crippen LogP contribution is 2.27. The standard InChI is InChI=1S/C23H14FN3O2/c24-20-10-5-4-9-19(20)23(28)16(14-25)13-17-15-27(18-7-2-1-3-8-18)26-22(17)21-11-6-12-29-21/h1-13,15H/b16-13+. The molecular formula is C23H14FN3O2. The minimum absolute atomic E-state index is 0.157. The number of carbonyl (C=O) groups is 1. The third-order valence-electron chi connectivity index (χ3n) is 4.30. The summed E-state index contributed by atoms with van der Waals surface area (Å²) in [6.45, 7) is 0. The van der Waals surface area contributed by atoms with Gasteiger partial charge in [0.05, 0.1) is 17.5 Å². The van der Waals surface area contributed by atoms with Crippen molar-refractivity contribution in [1.82, 2.24) is 9.78 Å². The molecule has 0 aliphatic rings. The van der Waals surface area contributed by atoms with E-state index in [0.29, 0.717) is 17.0 Å². The Balaban J connectivity index is 1.83. The maximum Gasteiger partial charge on any atom is 0.206 e. The molecule has 0 unspecified atom stereocenters. The molecule has 0 saturated carbocycles. The minimum Gasteiger partial charge on any atom is -0.463 e. The minimum atomic E-state index is -0.691. The van der Waals surface area contributed by atoms with Crippen molar-refractivity contribution in [3.63, 3.8) is 0 Å². The molecule has 0 atom stereocenters. The molecule has 0 spiro atoms. The van der Waals surface area contributed by atoms with Gasteiger partial charge in [0.15, 0.2) is 5.76 Å². The molecule has 0 N–H and O–H groups in total. The van der Waals surface area contributed by atoms with Crippen LogP contribution in [0.3, 0.4) is 0 Å². The summed E-state index contributed by atoms with van der Waals surface area (Å²) in [6.07, 6.45) is 4.61. The third-order valence-corrected chi connectivity index (χ3v) is 4.30. The number of nitrogens with zero attached hydrogens (tertiary/aromatic N) is 3. The van der Waals surface area contributed by atoms with Gasteiger partial charge in [-0.3, -0.25) is 4.79 Å². The van der Waals surface area contributed by atoms with Crippen molar-refractivity contribution in [2.75, 3.05) is 0 Å². The number of Topliss-reactive ketones (excluding diaryl/α,β-unsaturated/α-hetero) is 1. The molecule has 0 saturated heterocycles. The van der Waals surface area contributed by atoms with Gasteiger partial charge in [0.25, 0.3) is 0 Å². The molecule has 0 bridgehead atoms. The fourth-order valence-electron chi connectivity index (χ4n) is 2.91. The lowest BCUT2D eigenvalue weighted by Crippen LogP contribution is -2.04. The number of benzene rings is 2. The number of halogens is 1. The van der Waals surface area contributed by atoms with Gasteiger partial charge in [0.1, 0.15) is 23.2 Å². The Hall–Kier alpha value is -4.24. The SMILES string of the molecule is N#C/C(=C\c1cn(-c2ccccc2)nc1-c1ccco1)C(=O)c1ccccc1F. The van der Waals surface area contributed by atoms with E-state index in [1.165, 1.54) is 30.5 Å². The van der Waals surface area contributed by atoms with E-state index in [0.717, 1.165) is 5.69 Å². The fraction of sp³-hybridized carbons (Fsp3) is 0. The predicted octanol–water partition coefficient (Wildman–Crippen LogP) is 5.06. The zero-order valence-electron chi connectivity index (χ0n) is 15.1. The number of aromatic nitrogens is 2. The highest BCUT2D eigenvalue weighted by atomic mass is 19.1. The van der Waals surface area contributed by atoms with Gasteiger partial charge in [-0.2, -0.15) is 10.4 Å². The van der Waals surface area contributed by atoms with Crippen molar-refractivity contribution in [2.45, 2.75) is 0 Å². The van der Waals surface area contributed by atoms with Gasteiger partial charge in [0.2, 0.25) is 5.78 Å². The monoisotopic (exact) mass is 383 g/mol. The second kappa shape index (κ2) is 7.79. The van der Waals surface area contributed by atoms with Crippen LogP contribution in [-0.4, -0.2) is 15.6 Å². The molecule has 0 fully saturated rings. The molecule has 29 heavy (non-hydrogen) atoms. The average Bonchev–Trinajstić information content (AvgIpc) is 3.42. The van der Waals surface area contributed by atoms with Gasteiger partial charge < -0.3 is 4.42 Å². The fourth-order valence-corrected chi connectivity index (χ4v) is 2.91. The smallest absolute Gasteiger partial charge is 0.206 e. The second-order valence-electron chi connectivity index (χ2n) is 6.17. The van der Waals surface area contributed by atoms with Crippen molar-refractivity contribution >= 4 is 11.9 Å². The Morgan fingerprint density at radius 3 is 2.52 bits per heavy atom. The highest BCUT2D eigenvalue weighted by molar-refractivity contribution is 6.14. The molecule has 0 aliphatic carbocycles. The number of ketones is 1. The molecular weight excluding hydrogens is 369 g/mol. The number of allylic oxidation sites excluding steroid dienone is 1. The van der Waals surface area contributed by atoms with Crippen molar-refractivity contribution in [3.05, 3.63) is 102 Å². The number of hydrogen-bond donors (Lipinski definition) is 0. The maximum absolute atomic E-state index is 14.0. The summed E-state index contributed by atoms with van der Waals surface area (Å²) in [5.41, 5.74) is 1.42. The van der Waals surface area contributed by atoms with Crippen molar-refractivity contribution in [1.29, 1.82) is 5.26 Å². The summed E-state index contributed by atoms with van der Waals surface area (Å²) in [4.78, 5) is 12.7. The summed E-state index contributed by atoms with van der Waals surface area (Å²) in [6, 6.07) is 20.3. The lowest BCUT2D eigenvalue weighted by Gasteiger charge is -2.01. The highest BCUT2D eigenvalue weighted by Gasteiger charge is 2.19. The first-order valence-electron chi connectivity index (χ1n) is 8.77. The number of rotatable bonds is 5. The van der Waals surface area contributed by atoms with Crippen LogP contribution in [0.1, 0.15) is 15.9 Å². The lowest BCUT2D eigenvalue weighted by molar-refractivity contribution is 0.103. The van der Waals surface area contributed by atoms with Gasteiger partial charge in [0, 0.05) is 11.8 Å². The Morgan fingerprint density at radius 1 is 1.07 bits per heavy atom. The van der Waals surface area contributed by atoms with Gasteiger partial charge in [-0.25, -0.2) is 9.07 Å². The molecule has 0 aliphatic heterocycles. The molecule has 140 valence electrons. The van der Waals surface area contributed by atoms with E-state index in [9.17, 15) is 14.4 Å². The molecule has 6 heteroatoms. The van der Waals surface area contributed by atoms with E-state index in [1.807, 2.05) is 36.4 Å². The van der Waals surface area contributed by atoms with Gasteiger partial charge in [-0.1, -0.05) is 30.3 Å². The molecule has 2 heterocycles. The van der Waals surface area contributed by atoms with Crippen molar-refractivity contribution < 1.29 is 13.6 Å². The van der Waals surface area contributed by atoms with Crippen LogP contribution in [0, 0.1) is 17.1 Å². The van der Waals surface area contributed by atoms with Crippen LogP contribution in [-0.2, 0) is 0 Å². The summed E-state index contributed by atoms with van der Waals surface area (Å²) in [5, 5.41) is 14.1. The zero-order valence-corrected chi connectivity index (χ0v) is 15.1. The van der Waals surface area contributed by atoms with Crippen molar-refractivity contribution in [2.24, 2.45) is 0 Å². The lowest BCUT2D eigenvalue weighted by atomic mass is 10.0. The van der Waals surface area contributed by atoms with Gasteiger partial charge >= 0.3 is 0 Å². The predicted molar refractivity (Wildman–Crippen MR) is 106 cm³/mol. The quantitative estimate of drug-likeness (QED) is 0.274. The molecule has 0 amide bonds.